The van der Waals surface area contributed by atoms with Crippen LogP contribution in [0.15, 0.2) is 54.7 Å². The Morgan fingerprint density at radius 1 is 1.13 bits per heavy atom. The Hall–Kier alpha value is -3.48. The highest BCUT2D eigenvalue weighted by Crippen LogP contribution is 2.25. The summed E-state index contributed by atoms with van der Waals surface area (Å²) in [7, 11) is 0. The molecule has 7 nitrogen and oxygen atoms in total. The number of aromatic nitrogens is 3. The zero-order valence-electron chi connectivity index (χ0n) is 17.2. The van der Waals surface area contributed by atoms with Crippen molar-refractivity contribution in [3.8, 4) is 5.82 Å². The molecule has 0 bridgehead atoms. The van der Waals surface area contributed by atoms with Gasteiger partial charge in [0.1, 0.15) is 0 Å². The van der Waals surface area contributed by atoms with E-state index in [0.717, 1.165) is 28.5 Å². The van der Waals surface area contributed by atoms with E-state index in [-0.39, 0.29) is 24.2 Å². The molecular weight excluding hydrogens is 378 g/mol. The summed E-state index contributed by atoms with van der Waals surface area (Å²) in [5.41, 5.74) is 3.89. The van der Waals surface area contributed by atoms with Crippen LogP contribution in [0.1, 0.15) is 23.4 Å². The van der Waals surface area contributed by atoms with E-state index in [9.17, 15) is 9.59 Å². The number of para-hydroxylation sites is 1. The van der Waals surface area contributed by atoms with Gasteiger partial charge < -0.3 is 10.2 Å². The van der Waals surface area contributed by atoms with Gasteiger partial charge in [0.15, 0.2) is 5.82 Å². The van der Waals surface area contributed by atoms with Crippen LogP contribution in [0, 0.1) is 19.8 Å². The second-order valence-electron chi connectivity index (χ2n) is 7.53. The standard InChI is InChI=1S/C23H25N5O2/c1-16-20(17(2)28(26-16)21-10-6-7-12-24-21)11-13-25-23(30)18-14-22(29)27(15-18)19-8-4-3-5-9-19/h3-10,12,18H,11,13-15H2,1-2H3,(H,25,30). The van der Waals surface area contributed by atoms with Gasteiger partial charge in [-0.05, 0) is 50.1 Å². The number of benzene rings is 1. The van der Waals surface area contributed by atoms with Crippen molar-refractivity contribution in [1.82, 2.24) is 20.1 Å². The van der Waals surface area contributed by atoms with Crippen molar-refractivity contribution in [2.75, 3.05) is 18.0 Å². The molecule has 2 amide bonds. The van der Waals surface area contributed by atoms with E-state index in [1.54, 1.807) is 11.1 Å². The first-order chi connectivity index (χ1) is 14.5. The van der Waals surface area contributed by atoms with Crippen LogP contribution in [0.2, 0.25) is 0 Å². The van der Waals surface area contributed by atoms with E-state index in [1.165, 1.54) is 0 Å². The van der Waals surface area contributed by atoms with Crippen molar-refractivity contribution in [3.05, 3.63) is 71.7 Å². The Balaban J connectivity index is 1.36. The number of pyridine rings is 1. The summed E-state index contributed by atoms with van der Waals surface area (Å²) in [6.45, 7) is 4.91. The fraction of sp³-hybridized carbons (Fsp3) is 0.304. The van der Waals surface area contributed by atoms with Crippen LogP contribution >= 0.6 is 0 Å². The fourth-order valence-electron chi connectivity index (χ4n) is 3.93. The van der Waals surface area contributed by atoms with Crippen molar-refractivity contribution in [3.63, 3.8) is 0 Å². The van der Waals surface area contributed by atoms with Crippen molar-refractivity contribution in [2.24, 2.45) is 5.92 Å². The smallest absolute Gasteiger partial charge is 0.227 e. The number of amides is 2. The Morgan fingerprint density at radius 2 is 1.90 bits per heavy atom. The summed E-state index contributed by atoms with van der Waals surface area (Å²) in [6, 6.07) is 15.2. The van der Waals surface area contributed by atoms with Crippen LogP contribution in [0.3, 0.4) is 0 Å². The number of nitrogens with zero attached hydrogens (tertiary/aromatic N) is 4. The first-order valence-corrected chi connectivity index (χ1v) is 10.1. The van der Waals surface area contributed by atoms with Gasteiger partial charge in [-0.15, -0.1) is 0 Å². The molecule has 3 heterocycles. The summed E-state index contributed by atoms with van der Waals surface area (Å²) in [5, 5.41) is 7.60. The van der Waals surface area contributed by atoms with E-state index < -0.39 is 0 Å². The molecule has 1 aliphatic heterocycles. The predicted molar refractivity (Wildman–Crippen MR) is 114 cm³/mol. The molecule has 4 rings (SSSR count). The maximum absolute atomic E-state index is 12.6. The van der Waals surface area contributed by atoms with Crippen LogP contribution in [-0.2, 0) is 16.0 Å². The zero-order chi connectivity index (χ0) is 21.1. The van der Waals surface area contributed by atoms with Gasteiger partial charge in [-0.25, -0.2) is 9.67 Å². The maximum atomic E-state index is 12.6. The first-order valence-electron chi connectivity index (χ1n) is 10.1. The van der Waals surface area contributed by atoms with Crippen LogP contribution in [-0.4, -0.2) is 39.7 Å². The van der Waals surface area contributed by atoms with E-state index >= 15 is 0 Å². The number of hydrogen-bond acceptors (Lipinski definition) is 4. The largest absolute Gasteiger partial charge is 0.355 e. The summed E-state index contributed by atoms with van der Waals surface area (Å²) in [4.78, 5) is 31.0. The minimum absolute atomic E-state index is 0.00956. The third-order valence-electron chi connectivity index (χ3n) is 5.55. The van der Waals surface area contributed by atoms with Crippen LogP contribution in [0.5, 0.6) is 0 Å². The molecule has 1 saturated heterocycles. The molecule has 1 fully saturated rings. The highest BCUT2D eigenvalue weighted by Gasteiger charge is 2.34. The van der Waals surface area contributed by atoms with Crippen molar-refractivity contribution < 1.29 is 9.59 Å². The third-order valence-corrected chi connectivity index (χ3v) is 5.55. The quantitative estimate of drug-likeness (QED) is 0.686. The zero-order valence-corrected chi connectivity index (χ0v) is 17.2. The van der Waals surface area contributed by atoms with E-state index in [4.69, 9.17) is 0 Å². The molecular formula is C23H25N5O2. The SMILES string of the molecule is Cc1nn(-c2ccccn2)c(C)c1CCNC(=O)C1CC(=O)N(c2ccccc2)C1. The Kier molecular flexibility index (Phi) is 5.61. The lowest BCUT2D eigenvalue weighted by atomic mass is 10.1. The Bertz CT molecular complexity index is 1050. The third kappa shape index (κ3) is 3.96. The summed E-state index contributed by atoms with van der Waals surface area (Å²) in [5.74, 6) is 0.369. The summed E-state index contributed by atoms with van der Waals surface area (Å²) < 4.78 is 1.83. The second kappa shape index (κ2) is 8.49. The molecule has 3 aromatic rings. The molecule has 30 heavy (non-hydrogen) atoms. The highest BCUT2D eigenvalue weighted by molar-refractivity contribution is 6.00. The molecule has 1 N–H and O–H groups in total. The van der Waals surface area contributed by atoms with Gasteiger partial charge >= 0.3 is 0 Å². The summed E-state index contributed by atoms with van der Waals surface area (Å²) >= 11 is 0. The topological polar surface area (TPSA) is 80.1 Å². The molecule has 154 valence electrons. The Morgan fingerprint density at radius 3 is 2.63 bits per heavy atom. The molecule has 7 heteroatoms. The molecule has 0 saturated carbocycles. The molecule has 1 unspecified atom stereocenters. The maximum Gasteiger partial charge on any atom is 0.227 e. The van der Waals surface area contributed by atoms with Gasteiger partial charge in [-0.1, -0.05) is 24.3 Å². The normalized spacial score (nSPS) is 16.1. The predicted octanol–water partition coefficient (Wildman–Crippen LogP) is 2.60. The number of rotatable bonds is 6. The molecule has 1 aliphatic rings. The van der Waals surface area contributed by atoms with Gasteiger partial charge in [0.05, 0.1) is 11.6 Å². The van der Waals surface area contributed by atoms with E-state index in [1.807, 2.05) is 67.1 Å². The summed E-state index contributed by atoms with van der Waals surface area (Å²) in [6.07, 6.45) is 2.67. The number of aryl methyl sites for hydroxylation is 1. The van der Waals surface area contributed by atoms with Gasteiger partial charge in [-0.3, -0.25) is 9.59 Å². The molecule has 1 aromatic carbocycles. The average Bonchev–Trinajstić information content (AvgIpc) is 3.29. The molecule has 2 aromatic heterocycles. The number of hydrogen-bond donors (Lipinski definition) is 1. The fourth-order valence-corrected chi connectivity index (χ4v) is 3.93. The number of carbonyl (C=O) groups is 2. The van der Waals surface area contributed by atoms with Gasteiger partial charge in [0.25, 0.3) is 0 Å². The lowest BCUT2D eigenvalue weighted by Gasteiger charge is -2.16. The van der Waals surface area contributed by atoms with Crippen molar-refractivity contribution in [2.45, 2.75) is 26.7 Å². The lowest BCUT2D eigenvalue weighted by molar-refractivity contribution is -0.126. The van der Waals surface area contributed by atoms with E-state index in [2.05, 4.69) is 15.4 Å². The minimum Gasteiger partial charge on any atom is -0.355 e. The number of anilines is 1. The van der Waals surface area contributed by atoms with Crippen LogP contribution < -0.4 is 10.2 Å². The van der Waals surface area contributed by atoms with Gasteiger partial charge in [0.2, 0.25) is 11.8 Å². The molecule has 0 aliphatic carbocycles. The van der Waals surface area contributed by atoms with E-state index in [0.29, 0.717) is 19.5 Å². The van der Waals surface area contributed by atoms with Crippen molar-refractivity contribution in [1.29, 1.82) is 0 Å². The van der Waals surface area contributed by atoms with Crippen LogP contribution in [0.4, 0.5) is 5.69 Å². The molecule has 0 spiro atoms. The molecule has 0 radical (unpaired) electrons. The molecule has 1 atom stereocenters. The average molecular weight is 403 g/mol. The minimum atomic E-state index is -0.323. The van der Waals surface area contributed by atoms with Crippen LogP contribution in [0.25, 0.3) is 5.82 Å². The number of nitrogens with one attached hydrogen (secondary N) is 1. The highest BCUT2D eigenvalue weighted by atomic mass is 16.2. The lowest BCUT2D eigenvalue weighted by Crippen LogP contribution is -2.34. The van der Waals surface area contributed by atoms with Gasteiger partial charge in [0, 0.05) is 37.1 Å². The van der Waals surface area contributed by atoms with Gasteiger partial charge in [-0.2, -0.15) is 5.10 Å². The number of carbonyl (C=O) groups excluding carboxylic acids is 2. The first kappa shape index (κ1) is 19.8. The Labute approximate surface area is 175 Å². The second-order valence-corrected chi connectivity index (χ2v) is 7.53. The monoisotopic (exact) mass is 403 g/mol. The van der Waals surface area contributed by atoms with Crippen molar-refractivity contribution >= 4 is 17.5 Å².